The highest BCUT2D eigenvalue weighted by molar-refractivity contribution is 14.0. The van der Waals surface area contributed by atoms with Crippen molar-refractivity contribution in [1.29, 1.82) is 0 Å². The molecule has 2 N–H and O–H groups in total. The van der Waals surface area contributed by atoms with E-state index in [0.29, 0.717) is 29.8 Å². The van der Waals surface area contributed by atoms with Gasteiger partial charge in [-0.05, 0) is 35.4 Å². The predicted octanol–water partition coefficient (Wildman–Crippen LogP) is 4.47. The Morgan fingerprint density at radius 3 is 2.27 bits per heavy atom. The Labute approximate surface area is 174 Å². The molecule has 2 aromatic rings. The van der Waals surface area contributed by atoms with Gasteiger partial charge in [-0.25, -0.2) is 8.78 Å². The second-order valence-electron chi connectivity index (χ2n) is 5.26. The first-order valence-corrected chi connectivity index (χ1v) is 8.13. The zero-order valence-corrected chi connectivity index (χ0v) is 17.3. The van der Waals surface area contributed by atoms with Gasteiger partial charge < -0.3 is 15.4 Å². The van der Waals surface area contributed by atoms with Gasteiger partial charge in [0.2, 0.25) is 0 Å². The van der Waals surface area contributed by atoms with Gasteiger partial charge in [0.05, 0.1) is 0 Å². The number of ether oxygens (including phenoxy) is 1. The van der Waals surface area contributed by atoms with Crippen LogP contribution in [-0.2, 0) is 13.1 Å². The van der Waals surface area contributed by atoms with Crippen LogP contribution in [0.5, 0.6) is 5.75 Å². The topological polar surface area (TPSA) is 45.7 Å². The fourth-order valence-corrected chi connectivity index (χ4v) is 2.36. The summed E-state index contributed by atoms with van der Waals surface area (Å²) in [6, 6.07) is 14.6. The normalized spacial score (nSPS) is 11.0. The lowest BCUT2D eigenvalue weighted by Gasteiger charge is -2.13. The van der Waals surface area contributed by atoms with Gasteiger partial charge in [0.15, 0.2) is 5.96 Å². The SMILES string of the molecule is CN=C(NCc1cccc(Cl)c1)NCc1cccc(OCC(F)F)c1.I. The average molecular weight is 496 g/mol. The predicted molar refractivity (Wildman–Crippen MR) is 112 cm³/mol. The fraction of sp³-hybridized carbons (Fsp3) is 0.278. The van der Waals surface area contributed by atoms with E-state index in [1.54, 1.807) is 25.2 Å². The van der Waals surface area contributed by atoms with E-state index in [1.807, 2.05) is 30.3 Å². The van der Waals surface area contributed by atoms with Gasteiger partial charge in [0.1, 0.15) is 12.4 Å². The molecule has 0 aliphatic rings. The summed E-state index contributed by atoms with van der Waals surface area (Å²) in [5.74, 6) is 1.04. The molecular weight excluding hydrogens is 475 g/mol. The number of hydrogen-bond acceptors (Lipinski definition) is 2. The Morgan fingerprint density at radius 1 is 1.08 bits per heavy atom. The number of alkyl halides is 2. The largest absolute Gasteiger partial charge is 0.488 e. The van der Waals surface area contributed by atoms with E-state index in [2.05, 4.69) is 15.6 Å². The molecule has 0 amide bonds. The van der Waals surface area contributed by atoms with Crippen LogP contribution >= 0.6 is 35.6 Å². The molecule has 0 saturated carbocycles. The first-order valence-electron chi connectivity index (χ1n) is 7.75. The summed E-state index contributed by atoms with van der Waals surface area (Å²) in [6.07, 6.45) is -2.49. The van der Waals surface area contributed by atoms with E-state index in [1.165, 1.54) is 0 Å². The lowest BCUT2D eigenvalue weighted by Crippen LogP contribution is -2.36. The molecule has 0 aliphatic heterocycles. The third-order valence-corrected chi connectivity index (χ3v) is 3.54. The number of nitrogens with one attached hydrogen (secondary N) is 2. The average Bonchev–Trinajstić information content (AvgIpc) is 2.60. The lowest BCUT2D eigenvalue weighted by atomic mass is 10.2. The van der Waals surface area contributed by atoms with Crippen LogP contribution in [0, 0.1) is 0 Å². The Balaban J connectivity index is 0.00000338. The van der Waals surface area contributed by atoms with Gasteiger partial charge >= 0.3 is 0 Å². The number of nitrogens with zero attached hydrogens (tertiary/aromatic N) is 1. The molecule has 0 heterocycles. The van der Waals surface area contributed by atoms with Gasteiger partial charge in [-0.3, -0.25) is 4.99 Å². The van der Waals surface area contributed by atoms with Gasteiger partial charge in [-0.15, -0.1) is 24.0 Å². The second-order valence-corrected chi connectivity index (χ2v) is 5.70. The van der Waals surface area contributed by atoms with Crippen LogP contribution in [0.25, 0.3) is 0 Å². The molecular formula is C18H21ClF2IN3O. The lowest BCUT2D eigenvalue weighted by molar-refractivity contribution is 0.0818. The van der Waals surface area contributed by atoms with Gasteiger partial charge in [0.25, 0.3) is 6.43 Å². The van der Waals surface area contributed by atoms with Crippen molar-refractivity contribution in [2.75, 3.05) is 13.7 Å². The molecule has 26 heavy (non-hydrogen) atoms. The minimum Gasteiger partial charge on any atom is -0.488 e. The van der Waals surface area contributed by atoms with E-state index in [-0.39, 0.29) is 24.0 Å². The Kier molecular flexibility index (Phi) is 10.3. The van der Waals surface area contributed by atoms with Crippen molar-refractivity contribution in [2.24, 2.45) is 4.99 Å². The van der Waals surface area contributed by atoms with Crippen LogP contribution in [0.2, 0.25) is 5.02 Å². The summed E-state index contributed by atoms with van der Waals surface area (Å²) in [7, 11) is 1.68. The van der Waals surface area contributed by atoms with Crippen molar-refractivity contribution in [3.8, 4) is 5.75 Å². The summed E-state index contributed by atoms with van der Waals surface area (Å²) >= 11 is 5.96. The maximum atomic E-state index is 12.2. The Bertz CT molecular complexity index is 716. The summed E-state index contributed by atoms with van der Waals surface area (Å²) in [5, 5.41) is 7.04. The maximum absolute atomic E-state index is 12.2. The second kappa shape index (κ2) is 11.9. The highest BCUT2D eigenvalue weighted by atomic mass is 127. The molecule has 0 aromatic heterocycles. The number of hydrogen-bond donors (Lipinski definition) is 2. The molecule has 2 aromatic carbocycles. The number of aliphatic imine (C=N–C) groups is 1. The summed E-state index contributed by atoms with van der Waals surface area (Å²) in [6.45, 7) is 0.457. The summed E-state index contributed by atoms with van der Waals surface area (Å²) in [5.41, 5.74) is 1.94. The van der Waals surface area contributed by atoms with Crippen LogP contribution in [0.4, 0.5) is 8.78 Å². The summed E-state index contributed by atoms with van der Waals surface area (Å²) in [4.78, 5) is 4.15. The number of rotatable bonds is 7. The van der Waals surface area contributed by atoms with Crippen molar-refractivity contribution in [3.63, 3.8) is 0 Å². The number of benzene rings is 2. The number of halogens is 4. The molecule has 0 aliphatic carbocycles. The zero-order chi connectivity index (χ0) is 18.1. The van der Waals surface area contributed by atoms with Crippen molar-refractivity contribution in [3.05, 3.63) is 64.7 Å². The van der Waals surface area contributed by atoms with E-state index in [9.17, 15) is 8.78 Å². The van der Waals surface area contributed by atoms with Crippen molar-refractivity contribution in [2.45, 2.75) is 19.5 Å². The third-order valence-electron chi connectivity index (χ3n) is 3.31. The highest BCUT2D eigenvalue weighted by Gasteiger charge is 2.05. The van der Waals surface area contributed by atoms with E-state index in [4.69, 9.17) is 16.3 Å². The Morgan fingerprint density at radius 2 is 1.69 bits per heavy atom. The molecule has 0 fully saturated rings. The maximum Gasteiger partial charge on any atom is 0.272 e. The van der Waals surface area contributed by atoms with Gasteiger partial charge in [-0.1, -0.05) is 35.9 Å². The van der Waals surface area contributed by atoms with Crippen LogP contribution < -0.4 is 15.4 Å². The van der Waals surface area contributed by atoms with Crippen molar-refractivity contribution >= 4 is 41.5 Å². The quantitative estimate of drug-likeness (QED) is 0.339. The molecule has 0 atom stereocenters. The minimum atomic E-state index is -2.49. The molecule has 0 bridgehead atoms. The van der Waals surface area contributed by atoms with E-state index in [0.717, 1.165) is 11.1 Å². The van der Waals surface area contributed by atoms with Crippen molar-refractivity contribution < 1.29 is 13.5 Å². The first-order chi connectivity index (χ1) is 12.1. The minimum absolute atomic E-state index is 0. The molecule has 8 heteroatoms. The molecule has 0 saturated heterocycles. The monoisotopic (exact) mass is 495 g/mol. The van der Waals surface area contributed by atoms with E-state index < -0.39 is 13.0 Å². The molecule has 0 radical (unpaired) electrons. The van der Waals surface area contributed by atoms with Crippen LogP contribution in [0.1, 0.15) is 11.1 Å². The molecule has 142 valence electrons. The van der Waals surface area contributed by atoms with Crippen LogP contribution in [-0.4, -0.2) is 26.0 Å². The molecule has 0 unspecified atom stereocenters. The smallest absolute Gasteiger partial charge is 0.272 e. The standard InChI is InChI=1S/C18H20ClF2N3O.HI/c1-22-18(23-10-13-4-2-6-15(19)8-13)24-11-14-5-3-7-16(9-14)25-12-17(20)21;/h2-9,17H,10-12H2,1H3,(H2,22,23,24);1H. The molecule has 0 spiro atoms. The summed E-state index contributed by atoms with van der Waals surface area (Å²) < 4.78 is 29.4. The van der Waals surface area contributed by atoms with Crippen molar-refractivity contribution in [1.82, 2.24) is 10.6 Å². The van der Waals surface area contributed by atoms with Gasteiger partial charge in [0, 0.05) is 25.2 Å². The molecule has 4 nitrogen and oxygen atoms in total. The molecule has 2 rings (SSSR count). The van der Waals surface area contributed by atoms with Crippen LogP contribution in [0.3, 0.4) is 0 Å². The zero-order valence-electron chi connectivity index (χ0n) is 14.2. The number of guanidine groups is 1. The first kappa shape index (κ1) is 22.4. The van der Waals surface area contributed by atoms with Gasteiger partial charge in [-0.2, -0.15) is 0 Å². The Hall–Kier alpha value is -1.61. The van der Waals surface area contributed by atoms with Crippen LogP contribution in [0.15, 0.2) is 53.5 Å². The fourth-order valence-electron chi connectivity index (χ4n) is 2.14. The van der Waals surface area contributed by atoms with E-state index >= 15 is 0 Å². The highest BCUT2D eigenvalue weighted by Crippen LogP contribution is 2.14. The third kappa shape index (κ3) is 8.18.